The average Bonchev–Trinajstić information content (AvgIpc) is 2.81. The molecular weight excluding hydrogens is 396 g/mol. The summed E-state index contributed by atoms with van der Waals surface area (Å²) in [6, 6.07) is 22.7. The van der Waals surface area contributed by atoms with E-state index < -0.39 is 0 Å². The lowest BCUT2D eigenvalue weighted by Gasteiger charge is -2.09. The number of nitrogens with one attached hydrogen (secondary N) is 2. The van der Waals surface area contributed by atoms with Crippen molar-refractivity contribution in [1.29, 1.82) is 0 Å². The second-order valence-corrected chi connectivity index (χ2v) is 7.43. The Morgan fingerprint density at radius 1 is 0.800 bits per heavy atom. The average molecular weight is 421 g/mol. The molecule has 0 aliphatic carbocycles. The van der Waals surface area contributed by atoms with Gasteiger partial charge in [0.1, 0.15) is 5.75 Å². The van der Waals surface area contributed by atoms with E-state index in [1.54, 1.807) is 49.2 Å². The highest BCUT2D eigenvalue weighted by Crippen LogP contribution is 2.23. The second kappa shape index (κ2) is 10.5. The fourth-order valence-electron chi connectivity index (χ4n) is 2.94. The number of rotatable bonds is 8. The number of methoxy groups -OCH3 is 1. The minimum Gasteiger partial charge on any atom is -0.497 e. The third-order valence-electron chi connectivity index (χ3n) is 4.58. The molecule has 0 fully saturated rings. The summed E-state index contributed by atoms with van der Waals surface area (Å²) >= 11 is 1.69. The molecule has 30 heavy (non-hydrogen) atoms. The number of carbonyl (C=O) groups is 2. The predicted octanol–water partition coefficient (Wildman–Crippen LogP) is 4.24. The molecule has 0 aliphatic rings. The molecule has 6 heteroatoms. The summed E-state index contributed by atoms with van der Waals surface area (Å²) in [5.74, 6) is 0.242. The quantitative estimate of drug-likeness (QED) is 0.422. The van der Waals surface area contributed by atoms with E-state index in [1.807, 2.05) is 24.5 Å². The number of ether oxygens (including phenoxy) is 1. The van der Waals surface area contributed by atoms with Crippen LogP contribution in [0.25, 0.3) is 11.1 Å². The molecule has 0 saturated carbocycles. The number of hydrogen-bond donors (Lipinski definition) is 2. The Balaban J connectivity index is 1.53. The Labute approximate surface area is 180 Å². The number of hydrogen-bond acceptors (Lipinski definition) is 4. The largest absolute Gasteiger partial charge is 0.497 e. The molecule has 0 saturated heterocycles. The second-order valence-electron chi connectivity index (χ2n) is 6.55. The van der Waals surface area contributed by atoms with E-state index in [-0.39, 0.29) is 11.8 Å². The van der Waals surface area contributed by atoms with Crippen LogP contribution in [-0.2, 0) is 0 Å². The molecule has 0 spiro atoms. The van der Waals surface area contributed by atoms with Gasteiger partial charge in [-0.2, -0.15) is 0 Å². The zero-order valence-electron chi connectivity index (χ0n) is 17.0. The highest BCUT2D eigenvalue weighted by molar-refractivity contribution is 7.98. The van der Waals surface area contributed by atoms with Gasteiger partial charge in [0, 0.05) is 29.1 Å². The fourth-order valence-corrected chi connectivity index (χ4v) is 3.35. The van der Waals surface area contributed by atoms with Crippen LogP contribution in [0.2, 0.25) is 0 Å². The van der Waals surface area contributed by atoms with Crippen LogP contribution in [0.4, 0.5) is 0 Å². The van der Waals surface area contributed by atoms with Crippen molar-refractivity contribution in [2.45, 2.75) is 4.90 Å². The van der Waals surface area contributed by atoms with Crippen molar-refractivity contribution >= 4 is 23.6 Å². The van der Waals surface area contributed by atoms with Crippen molar-refractivity contribution in [2.24, 2.45) is 0 Å². The molecule has 2 amide bonds. The molecule has 0 aliphatic heterocycles. The Hall–Kier alpha value is -3.25. The maximum atomic E-state index is 12.5. The lowest BCUT2D eigenvalue weighted by Crippen LogP contribution is -2.34. The van der Waals surface area contributed by atoms with Crippen molar-refractivity contribution in [3.05, 3.63) is 83.9 Å². The topological polar surface area (TPSA) is 67.4 Å². The van der Waals surface area contributed by atoms with E-state index in [1.165, 1.54) is 4.90 Å². The summed E-state index contributed by atoms with van der Waals surface area (Å²) < 4.78 is 5.13. The van der Waals surface area contributed by atoms with Crippen molar-refractivity contribution in [3.8, 4) is 16.9 Å². The molecule has 154 valence electrons. The number of thioether (sulfide) groups is 1. The van der Waals surface area contributed by atoms with Crippen LogP contribution in [-0.4, -0.2) is 38.3 Å². The first-order valence-corrected chi connectivity index (χ1v) is 10.8. The summed E-state index contributed by atoms with van der Waals surface area (Å²) in [5.41, 5.74) is 3.15. The fraction of sp³-hybridized carbons (Fsp3) is 0.167. The Kier molecular flexibility index (Phi) is 7.51. The smallest absolute Gasteiger partial charge is 0.251 e. The van der Waals surface area contributed by atoms with Gasteiger partial charge in [0.15, 0.2) is 0 Å². The van der Waals surface area contributed by atoms with Gasteiger partial charge in [0.25, 0.3) is 11.8 Å². The van der Waals surface area contributed by atoms with Crippen LogP contribution >= 0.6 is 11.8 Å². The molecule has 0 heterocycles. The molecule has 5 nitrogen and oxygen atoms in total. The SMILES string of the molecule is COc1cccc(C(=O)NCCNC(=O)c2cccc(-c3ccc(SC)cc3)c2)c1. The van der Waals surface area contributed by atoms with Crippen LogP contribution in [0.3, 0.4) is 0 Å². The number of carbonyl (C=O) groups excluding carboxylic acids is 2. The van der Waals surface area contributed by atoms with Gasteiger partial charge in [0.2, 0.25) is 0 Å². The third-order valence-corrected chi connectivity index (χ3v) is 5.32. The normalized spacial score (nSPS) is 10.3. The van der Waals surface area contributed by atoms with Crippen LogP contribution in [0.15, 0.2) is 77.7 Å². The first kappa shape index (κ1) is 21.5. The molecule has 0 atom stereocenters. The van der Waals surface area contributed by atoms with Gasteiger partial charge in [-0.05, 0) is 59.8 Å². The number of amides is 2. The minimum atomic E-state index is -0.209. The molecule has 0 unspecified atom stereocenters. The molecule has 0 bridgehead atoms. The molecule has 3 aromatic carbocycles. The molecule has 2 N–H and O–H groups in total. The molecular formula is C24H24N2O3S. The summed E-state index contributed by atoms with van der Waals surface area (Å²) in [6.45, 7) is 0.665. The van der Waals surface area contributed by atoms with Gasteiger partial charge in [-0.1, -0.05) is 30.3 Å². The van der Waals surface area contributed by atoms with E-state index >= 15 is 0 Å². The predicted molar refractivity (Wildman–Crippen MR) is 121 cm³/mol. The summed E-state index contributed by atoms with van der Waals surface area (Å²) in [5, 5.41) is 5.64. The van der Waals surface area contributed by atoms with Crippen molar-refractivity contribution in [1.82, 2.24) is 10.6 Å². The van der Waals surface area contributed by atoms with Crippen molar-refractivity contribution in [2.75, 3.05) is 26.5 Å². The molecule has 3 rings (SSSR count). The zero-order chi connectivity index (χ0) is 21.3. The van der Waals surface area contributed by atoms with Gasteiger partial charge in [0.05, 0.1) is 7.11 Å². The summed E-state index contributed by atoms with van der Waals surface area (Å²) in [7, 11) is 1.56. The standard InChI is InChI=1S/C24H24N2O3S/c1-29-21-8-4-7-20(16-21)24(28)26-14-13-25-23(27)19-6-3-5-18(15-19)17-9-11-22(30-2)12-10-17/h3-12,15-16H,13-14H2,1-2H3,(H,25,27)(H,26,28). The lowest BCUT2D eigenvalue weighted by molar-refractivity contribution is 0.0927. The van der Waals surface area contributed by atoms with Crippen LogP contribution in [0.5, 0.6) is 5.75 Å². The monoisotopic (exact) mass is 420 g/mol. The van der Waals surface area contributed by atoms with E-state index in [4.69, 9.17) is 4.74 Å². The Bertz CT molecular complexity index is 1020. The summed E-state index contributed by atoms with van der Waals surface area (Å²) in [4.78, 5) is 25.9. The van der Waals surface area contributed by atoms with E-state index in [0.29, 0.717) is 30.0 Å². The van der Waals surface area contributed by atoms with Gasteiger partial charge >= 0.3 is 0 Å². The zero-order valence-corrected chi connectivity index (χ0v) is 17.8. The Morgan fingerprint density at radius 2 is 1.40 bits per heavy atom. The maximum Gasteiger partial charge on any atom is 0.251 e. The van der Waals surface area contributed by atoms with Gasteiger partial charge < -0.3 is 15.4 Å². The van der Waals surface area contributed by atoms with Gasteiger partial charge in [-0.3, -0.25) is 9.59 Å². The van der Waals surface area contributed by atoms with Crippen LogP contribution in [0.1, 0.15) is 20.7 Å². The Morgan fingerprint density at radius 3 is 2.00 bits per heavy atom. The first-order chi connectivity index (χ1) is 14.6. The molecule has 3 aromatic rings. The van der Waals surface area contributed by atoms with Crippen molar-refractivity contribution in [3.63, 3.8) is 0 Å². The highest BCUT2D eigenvalue weighted by Gasteiger charge is 2.09. The maximum absolute atomic E-state index is 12.5. The molecule has 0 aromatic heterocycles. The van der Waals surface area contributed by atoms with Crippen molar-refractivity contribution < 1.29 is 14.3 Å². The van der Waals surface area contributed by atoms with E-state index in [0.717, 1.165) is 11.1 Å². The van der Waals surface area contributed by atoms with Crippen LogP contribution < -0.4 is 15.4 Å². The highest BCUT2D eigenvalue weighted by atomic mass is 32.2. The number of benzene rings is 3. The van der Waals surface area contributed by atoms with E-state index in [9.17, 15) is 9.59 Å². The third kappa shape index (κ3) is 5.64. The molecule has 0 radical (unpaired) electrons. The van der Waals surface area contributed by atoms with Gasteiger partial charge in [-0.25, -0.2) is 0 Å². The minimum absolute atomic E-state index is 0.173. The lowest BCUT2D eigenvalue weighted by atomic mass is 10.0. The van der Waals surface area contributed by atoms with Crippen LogP contribution in [0, 0.1) is 0 Å². The van der Waals surface area contributed by atoms with E-state index in [2.05, 4.69) is 34.9 Å². The first-order valence-electron chi connectivity index (χ1n) is 9.55. The summed E-state index contributed by atoms with van der Waals surface area (Å²) in [6.07, 6.45) is 2.04. The van der Waals surface area contributed by atoms with Gasteiger partial charge in [-0.15, -0.1) is 11.8 Å².